The average Bonchev–Trinajstić information content (AvgIpc) is 3.16. The highest BCUT2D eigenvalue weighted by molar-refractivity contribution is 5.93. The van der Waals surface area contributed by atoms with Crippen LogP contribution in [0.4, 0.5) is 10.2 Å². The van der Waals surface area contributed by atoms with E-state index in [1.807, 2.05) is 20.8 Å². The zero-order valence-corrected chi connectivity index (χ0v) is 18.0. The number of anilines is 1. The number of aryl methyl sites for hydroxylation is 2. The Kier molecular flexibility index (Phi) is 6.35. The fourth-order valence-corrected chi connectivity index (χ4v) is 3.83. The van der Waals surface area contributed by atoms with Crippen LogP contribution in [-0.2, 0) is 0 Å². The van der Waals surface area contributed by atoms with Gasteiger partial charge in [-0.3, -0.25) is 0 Å². The van der Waals surface area contributed by atoms with E-state index in [4.69, 9.17) is 14.2 Å². The molecule has 0 radical (unpaired) electrons. The highest BCUT2D eigenvalue weighted by atomic mass is 19.1. The third-order valence-electron chi connectivity index (χ3n) is 5.31. The van der Waals surface area contributed by atoms with E-state index in [0.29, 0.717) is 40.2 Å². The number of hydrogen-bond donors (Lipinski definition) is 0. The first-order chi connectivity index (χ1) is 14.0. The smallest absolute Gasteiger partial charge is 0.261 e. The number of halogens is 1. The lowest BCUT2D eigenvalue weighted by molar-refractivity contribution is 0.412. The molecule has 0 amide bonds. The van der Waals surface area contributed by atoms with Gasteiger partial charge in [-0.05, 0) is 51.7 Å². The molecule has 156 valence electrons. The summed E-state index contributed by atoms with van der Waals surface area (Å²) in [6.45, 7) is 10.8. The van der Waals surface area contributed by atoms with Crippen molar-refractivity contribution in [2.24, 2.45) is 0 Å². The fourth-order valence-electron chi connectivity index (χ4n) is 3.83. The number of pyridine rings is 1. The Morgan fingerprint density at radius 1 is 1.17 bits per heavy atom. The molecule has 0 N–H and O–H groups in total. The van der Waals surface area contributed by atoms with Gasteiger partial charge in [0.15, 0.2) is 11.6 Å². The molecule has 1 aromatic carbocycles. The maximum absolute atomic E-state index is 14.8. The van der Waals surface area contributed by atoms with Gasteiger partial charge in [0.2, 0.25) is 0 Å². The Morgan fingerprint density at radius 2 is 1.93 bits per heavy atom. The van der Waals surface area contributed by atoms with Crippen molar-refractivity contribution in [3.8, 4) is 17.2 Å². The Bertz CT molecular complexity index is 1000. The van der Waals surface area contributed by atoms with E-state index in [9.17, 15) is 4.39 Å². The third-order valence-corrected chi connectivity index (χ3v) is 5.31. The van der Waals surface area contributed by atoms with Crippen LogP contribution < -0.4 is 9.64 Å². The summed E-state index contributed by atoms with van der Waals surface area (Å²) < 4.78 is 25.5. The number of hydrogen-bond acceptors (Lipinski definition) is 6. The minimum atomic E-state index is -0.397. The molecule has 7 heteroatoms. The molecule has 6 nitrogen and oxygen atoms in total. The quantitative estimate of drug-likeness (QED) is 0.582. The van der Waals surface area contributed by atoms with E-state index in [-0.39, 0.29) is 0 Å². The monoisotopic (exact) mass is 400 g/mol. The second-order valence-electron chi connectivity index (χ2n) is 7.13. The second kappa shape index (κ2) is 8.76. The third kappa shape index (κ3) is 3.91. The number of ether oxygens (including phenoxy) is 1. The van der Waals surface area contributed by atoms with E-state index in [0.717, 1.165) is 30.5 Å². The minimum Gasteiger partial charge on any atom is -0.497 e. The van der Waals surface area contributed by atoms with Gasteiger partial charge in [-0.15, -0.1) is 0 Å². The number of methoxy groups -OCH3 is 1. The Labute approximate surface area is 171 Å². The highest BCUT2D eigenvalue weighted by Gasteiger charge is 2.28. The standard InChI is InChI=1S/C20H23FN4O2.C2H6/c1-11-7-5-6-8-25(11)19-17(20-22-13(3)24-27-20)12(2)15-9-14(26-4)10-16(21)18(15)23-19;1-2/h9-11H,5-8H2,1-4H3;1-2H3/t11-;/m1./s1. The summed E-state index contributed by atoms with van der Waals surface area (Å²) in [6, 6.07) is 3.48. The lowest BCUT2D eigenvalue weighted by atomic mass is 9.99. The van der Waals surface area contributed by atoms with E-state index in [2.05, 4.69) is 22.0 Å². The lowest BCUT2D eigenvalue weighted by Crippen LogP contribution is -2.38. The van der Waals surface area contributed by atoms with Crippen molar-refractivity contribution in [2.45, 2.75) is 59.9 Å². The molecule has 2 aromatic heterocycles. The largest absolute Gasteiger partial charge is 0.497 e. The fraction of sp³-hybridized carbons (Fsp3) is 0.500. The number of benzene rings is 1. The molecule has 1 aliphatic heterocycles. The molecule has 1 fully saturated rings. The van der Waals surface area contributed by atoms with Crippen molar-refractivity contribution < 1.29 is 13.7 Å². The van der Waals surface area contributed by atoms with Crippen LogP contribution >= 0.6 is 0 Å². The van der Waals surface area contributed by atoms with Crippen molar-refractivity contribution in [1.29, 1.82) is 0 Å². The zero-order chi connectivity index (χ0) is 21.1. The van der Waals surface area contributed by atoms with Gasteiger partial charge in [-0.2, -0.15) is 4.98 Å². The van der Waals surface area contributed by atoms with Gasteiger partial charge in [0.05, 0.1) is 12.7 Å². The van der Waals surface area contributed by atoms with Gasteiger partial charge in [0.1, 0.15) is 17.1 Å². The van der Waals surface area contributed by atoms with E-state index < -0.39 is 5.82 Å². The van der Waals surface area contributed by atoms with E-state index in [1.165, 1.54) is 19.6 Å². The SMILES string of the molecule is CC.COc1cc(F)c2nc(N3CCCC[C@H]3C)c(-c3nc(C)no3)c(C)c2c1. The first-order valence-corrected chi connectivity index (χ1v) is 10.2. The number of rotatable bonds is 3. The molecular formula is C22H29FN4O2. The maximum atomic E-state index is 14.8. The molecule has 29 heavy (non-hydrogen) atoms. The molecule has 0 spiro atoms. The summed E-state index contributed by atoms with van der Waals surface area (Å²) in [4.78, 5) is 11.4. The van der Waals surface area contributed by atoms with Crippen LogP contribution in [0, 0.1) is 19.7 Å². The predicted octanol–water partition coefficient (Wildman–Crippen LogP) is 5.45. The number of nitrogens with zero attached hydrogens (tertiary/aromatic N) is 4. The Morgan fingerprint density at radius 3 is 2.55 bits per heavy atom. The van der Waals surface area contributed by atoms with Crippen molar-refractivity contribution in [3.63, 3.8) is 0 Å². The van der Waals surface area contributed by atoms with Crippen molar-refractivity contribution in [2.75, 3.05) is 18.6 Å². The molecular weight excluding hydrogens is 371 g/mol. The normalized spacial score (nSPS) is 16.5. The zero-order valence-electron chi connectivity index (χ0n) is 18.0. The van der Waals surface area contributed by atoms with Crippen molar-refractivity contribution in [3.05, 3.63) is 29.3 Å². The van der Waals surface area contributed by atoms with Crippen molar-refractivity contribution in [1.82, 2.24) is 15.1 Å². The highest BCUT2D eigenvalue weighted by Crippen LogP contribution is 2.39. The van der Waals surface area contributed by atoms with Crippen LogP contribution in [0.3, 0.4) is 0 Å². The second-order valence-corrected chi connectivity index (χ2v) is 7.13. The van der Waals surface area contributed by atoms with Gasteiger partial charge in [0, 0.05) is 24.0 Å². The number of piperidine rings is 1. The van der Waals surface area contributed by atoms with E-state index in [1.54, 1.807) is 13.0 Å². The molecule has 1 saturated heterocycles. The topological polar surface area (TPSA) is 64.3 Å². The van der Waals surface area contributed by atoms with Gasteiger partial charge in [0.25, 0.3) is 5.89 Å². The number of aromatic nitrogens is 3. The summed E-state index contributed by atoms with van der Waals surface area (Å²) in [5.74, 6) is 1.73. The van der Waals surface area contributed by atoms with E-state index >= 15 is 0 Å². The lowest BCUT2D eigenvalue weighted by Gasteiger charge is -2.35. The van der Waals surface area contributed by atoms with Gasteiger partial charge < -0.3 is 14.2 Å². The number of fused-ring (bicyclic) bond motifs is 1. The van der Waals surface area contributed by atoms with Crippen molar-refractivity contribution >= 4 is 16.7 Å². The van der Waals surface area contributed by atoms with Crippen LogP contribution in [0.5, 0.6) is 5.75 Å². The molecule has 0 bridgehead atoms. The summed E-state index contributed by atoms with van der Waals surface area (Å²) in [6.07, 6.45) is 3.34. The summed E-state index contributed by atoms with van der Waals surface area (Å²) >= 11 is 0. The summed E-state index contributed by atoms with van der Waals surface area (Å²) in [7, 11) is 1.52. The van der Waals surface area contributed by atoms with Crippen LogP contribution in [-0.4, -0.2) is 34.8 Å². The molecule has 0 unspecified atom stereocenters. The van der Waals surface area contributed by atoms with Crippen LogP contribution in [0.25, 0.3) is 22.4 Å². The van der Waals surface area contributed by atoms with Crippen LogP contribution in [0.1, 0.15) is 51.4 Å². The van der Waals surface area contributed by atoms with Gasteiger partial charge in [-0.25, -0.2) is 9.37 Å². The van der Waals surface area contributed by atoms with Gasteiger partial charge in [-0.1, -0.05) is 19.0 Å². The predicted molar refractivity (Wildman–Crippen MR) is 113 cm³/mol. The van der Waals surface area contributed by atoms with Crippen LogP contribution in [0.2, 0.25) is 0 Å². The first kappa shape index (κ1) is 21.0. The van der Waals surface area contributed by atoms with Gasteiger partial charge >= 0.3 is 0 Å². The molecule has 0 aliphatic carbocycles. The first-order valence-electron chi connectivity index (χ1n) is 10.2. The minimum absolute atomic E-state index is 0.312. The summed E-state index contributed by atoms with van der Waals surface area (Å²) in [5, 5.41) is 4.63. The Balaban J connectivity index is 0.00000117. The summed E-state index contributed by atoms with van der Waals surface area (Å²) in [5.41, 5.74) is 1.96. The molecule has 0 saturated carbocycles. The van der Waals surface area contributed by atoms with Crippen LogP contribution in [0.15, 0.2) is 16.7 Å². The average molecular weight is 400 g/mol. The molecule has 1 aliphatic rings. The maximum Gasteiger partial charge on any atom is 0.261 e. The molecule has 1 atom stereocenters. The molecule has 3 heterocycles. The Hall–Kier alpha value is -2.70. The molecule has 3 aromatic rings. The molecule has 4 rings (SSSR count).